The Labute approximate surface area is 168 Å². The molecule has 0 bridgehead atoms. The first-order chi connectivity index (χ1) is 13.4. The summed E-state index contributed by atoms with van der Waals surface area (Å²) >= 11 is 5.96. The highest BCUT2D eigenvalue weighted by Gasteiger charge is 2.17. The van der Waals surface area contributed by atoms with E-state index >= 15 is 0 Å². The number of hydrogen-bond donors (Lipinski definition) is 1. The van der Waals surface area contributed by atoms with Gasteiger partial charge in [0.15, 0.2) is 6.61 Å². The van der Waals surface area contributed by atoms with E-state index in [1.165, 1.54) is 0 Å². The molecule has 0 spiro atoms. The number of esters is 1. The molecule has 0 aliphatic heterocycles. The number of hydrogen-bond acceptors (Lipinski definition) is 4. The molecule has 0 fully saturated rings. The minimum Gasteiger partial charge on any atom is -0.452 e. The summed E-state index contributed by atoms with van der Waals surface area (Å²) in [6, 6.07) is 14.4. The topological polar surface area (TPSA) is 73.2 Å². The monoisotopic (exact) mass is 397 g/mol. The first-order valence-corrected chi connectivity index (χ1v) is 9.09. The molecule has 0 unspecified atom stereocenters. The van der Waals surface area contributed by atoms with Gasteiger partial charge in [-0.05, 0) is 45.0 Å². The van der Waals surface area contributed by atoms with Gasteiger partial charge in [0, 0.05) is 0 Å². The molecule has 0 saturated carbocycles. The lowest BCUT2D eigenvalue weighted by Crippen LogP contribution is -2.21. The second kappa shape index (κ2) is 8.27. The molecule has 1 aromatic heterocycles. The molecule has 3 aromatic rings. The normalized spacial score (nSPS) is 10.6. The number of carbonyl (C=O) groups is 2. The van der Waals surface area contributed by atoms with Gasteiger partial charge in [-0.1, -0.05) is 41.4 Å². The van der Waals surface area contributed by atoms with Crippen LogP contribution >= 0.6 is 11.6 Å². The average Bonchev–Trinajstić information content (AvgIpc) is 2.95. The van der Waals surface area contributed by atoms with Gasteiger partial charge in [-0.25, -0.2) is 9.48 Å². The first-order valence-electron chi connectivity index (χ1n) is 8.71. The number of aryl methyl sites for hydroxylation is 2. The molecule has 6 nitrogen and oxygen atoms in total. The van der Waals surface area contributed by atoms with Gasteiger partial charge in [-0.3, -0.25) is 4.79 Å². The highest BCUT2D eigenvalue weighted by molar-refractivity contribution is 6.33. The van der Waals surface area contributed by atoms with Crippen LogP contribution in [0.2, 0.25) is 5.02 Å². The maximum atomic E-state index is 12.3. The fraction of sp³-hybridized carbons (Fsp3) is 0.190. The van der Waals surface area contributed by atoms with Crippen molar-refractivity contribution >= 4 is 29.2 Å². The molecule has 1 heterocycles. The fourth-order valence-electron chi connectivity index (χ4n) is 2.77. The van der Waals surface area contributed by atoms with Crippen LogP contribution in [0.3, 0.4) is 0 Å². The van der Waals surface area contributed by atoms with E-state index < -0.39 is 18.5 Å². The van der Waals surface area contributed by atoms with Crippen LogP contribution in [0, 0.1) is 20.8 Å². The summed E-state index contributed by atoms with van der Waals surface area (Å²) in [7, 11) is 0. The quantitative estimate of drug-likeness (QED) is 0.653. The summed E-state index contributed by atoms with van der Waals surface area (Å²) in [5.41, 5.74) is 4.32. The van der Waals surface area contributed by atoms with Crippen molar-refractivity contribution in [3.63, 3.8) is 0 Å². The van der Waals surface area contributed by atoms with Crippen LogP contribution < -0.4 is 5.32 Å². The van der Waals surface area contributed by atoms with Gasteiger partial charge in [0.2, 0.25) is 0 Å². The molecule has 0 saturated heterocycles. The van der Waals surface area contributed by atoms with E-state index in [1.807, 2.05) is 45.0 Å². The van der Waals surface area contributed by atoms with Crippen molar-refractivity contribution in [3.05, 3.63) is 76.1 Å². The van der Waals surface area contributed by atoms with Crippen LogP contribution in [0.1, 0.15) is 27.3 Å². The maximum Gasteiger partial charge on any atom is 0.340 e. The molecule has 2 aromatic carbocycles. The van der Waals surface area contributed by atoms with Gasteiger partial charge in [0.1, 0.15) is 0 Å². The van der Waals surface area contributed by atoms with Crippen molar-refractivity contribution in [2.45, 2.75) is 20.8 Å². The van der Waals surface area contributed by atoms with Crippen LogP contribution in [-0.2, 0) is 9.53 Å². The molecular formula is C21H20ClN3O3. The highest BCUT2D eigenvalue weighted by Crippen LogP contribution is 2.23. The van der Waals surface area contributed by atoms with Gasteiger partial charge < -0.3 is 10.1 Å². The Morgan fingerprint density at radius 3 is 2.43 bits per heavy atom. The van der Waals surface area contributed by atoms with Crippen LogP contribution in [0.5, 0.6) is 0 Å². The smallest absolute Gasteiger partial charge is 0.340 e. The molecule has 0 aliphatic carbocycles. The number of anilines is 1. The Bertz CT molecular complexity index is 1030. The number of carbonyl (C=O) groups excluding carboxylic acids is 2. The SMILES string of the molecule is Cc1ccc(-n2nc(C)c(NC(=O)COC(=O)c3ccccc3Cl)c2C)cc1. The largest absolute Gasteiger partial charge is 0.452 e. The lowest BCUT2D eigenvalue weighted by molar-refractivity contribution is -0.119. The third kappa shape index (κ3) is 4.23. The Morgan fingerprint density at radius 1 is 1.07 bits per heavy atom. The summed E-state index contributed by atoms with van der Waals surface area (Å²) < 4.78 is 6.83. The molecule has 3 rings (SSSR count). The number of rotatable bonds is 5. The van der Waals surface area contributed by atoms with Gasteiger partial charge >= 0.3 is 5.97 Å². The second-order valence-electron chi connectivity index (χ2n) is 6.40. The molecule has 0 radical (unpaired) electrons. The number of nitrogens with zero attached hydrogens (tertiary/aromatic N) is 2. The Morgan fingerprint density at radius 2 is 1.75 bits per heavy atom. The number of halogens is 1. The van der Waals surface area contributed by atoms with E-state index in [2.05, 4.69) is 10.4 Å². The predicted molar refractivity (Wildman–Crippen MR) is 108 cm³/mol. The summed E-state index contributed by atoms with van der Waals surface area (Å²) in [6.07, 6.45) is 0. The van der Waals surface area contributed by atoms with Crippen molar-refractivity contribution < 1.29 is 14.3 Å². The number of amides is 1. The zero-order valence-corrected chi connectivity index (χ0v) is 16.6. The Kier molecular flexibility index (Phi) is 5.80. The predicted octanol–water partition coefficient (Wildman–Crippen LogP) is 4.25. The van der Waals surface area contributed by atoms with E-state index in [9.17, 15) is 9.59 Å². The van der Waals surface area contributed by atoms with Crippen molar-refractivity contribution in [2.75, 3.05) is 11.9 Å². The van der Waals surface area contributed by atoms with Gasteiger partial charge in [0.25, 0.3) is 5.91 Å². The molecular weight excluding hydrogens is 378 g/mol. The second-order valence-corrected chi connectivity index (χ2v) is 6.80. The van der Waals surface area contributed by atoms with Crippen LogP contribution in [0.4, 0.5) is 5.69 Å². The van der Waals surface area contributed by atoms with Crippen LogP contribution in [0.25, 0.3) is 5.69 Å². The maximum absolute atomic E-state index is 12.3. The minimum atomic E-state index is -0.649. The van der Waals surface area contributed by atoms with Crippen molar-refractivity contribution in [2.24, 2.45) is 0 Å². The number of benzene rings is 2. The van der Waals surface area contributed by atoms with E-state index in [0.717, 1.165) is 16.9 Å². The molecule has 1 N–H and O–H groups in total. The number of aromatic nitrogens is 2. The highest BCUT2D eigenvalue weighted by atomic mass is 35.5. The zero-order valence-electron chi connectivity index (χ0n) is 15.8. The molecule has 28 heavy (non-hydrogen) atoms. The van der Waals surface area contributed by atoms with Crippen molar-refractivity contribution in [1.29, 1.82) is 0 Å². The third-order valence-electron chi connectivity index (χ3n) is 4.26. The molecule has 0 atom stereocenters. The third-order valence-corrected chi connectivity index (χ3v) is 4.59. The Hall–Kier alpha value is -3.12. The lowest BCUT2D eigenvalue weighted by atomic mass is 10.2. The lowest BCUT2D eigenvalue weighted by Gasteiger charge is -2.08. The summed E-state index contributed by atoms with van der Waals surface area (Å²) in [5, 5.41) is 7.54. The van der Waals surface area contributed by atoms with Gasteiger partial charge in [0.05, 0.1) is 33.3 Å². The molecule has 144 valence electrons. The van der Waals surface area contributed by atoms with Crippen LogP contribution in [0.15, 0.2) is 48.5 Å². The van der Waals surface area contributed by atoms with E-state index in [-0.39, 0.29) is 10.6 Å². The zero-order chi connectivity index (χ0) is 20.3. The summed E-state index contributed by atoms with van der Waals surface area (Å²) in [6.45, 7) is 5.27. The van der Waals surface area contributed by atoms with E-state index in [1.54, 1.807) is 28.9 Å². The Balaban J connectivity index is 1.68. The fourth-order valence-corrected chi connectivity index (χ4v) is 2.98. The van der Waals surface area contributed by atoms with E-state index in [4.69, 9.17) is 16.3 Å². The standard InChI is InChI=1S/C21H20ClN3O3/c1-13-8-10-16(11-9-13)25-15(3)20(14(2)24-25)23-19(26)12-28-21(27)17-6-4-5-7-18(17)22/h4-11H,12H2,1-3H3,(H,23,26). The number of nitrogens with one attached hydrogen (secondary N) is 1. The van der Waals surface area contributed by atoms with Gasteiger partial charge in [-0.15, -0.1) is 0 Å². The minimum absolute atomic E-state index is 0.219. The van der Waals surface area contributed by atoms with Gasteiger partial charge in [-0.2, -0.15) is 5.10 Å². The first kappa shape index (κ1) is 19.6. The average molecular weight is 398 g/mol. The van der Waals surface area contributed by atoms with Crippen LogP contribution in [-0.4, -0.2) is 28.3 Å². The number of ether oxygens (including phenoxy) is 1. The molecule has 7 heteroatoms. The van der Waals surface area contributed by atoms with E-state index in [0.29, 0.717) is 11.4 Å². The van der Waals surface area contributed by atoms with Crippen molar-refractivity contribution in [1.82, 2.24) is 9.78 Å². The summed E-state index contributed by atoms with van der Waals surface area (Å²) in [5.74, 6) is -1.10. The molecule has 0 aliphatic rings. The molecule has 1 amide bonds. The van der Waals surface area contributed by atoms with Crippen molar-refractivity contribution in [3.8, 4) is 5.69 Å². The summed E-state index contributed by atoms with van der Waals surface area (Å²) in [4.78, 5) is 24.3.